The van der Waals surface area contributed by atoms with E-state index >= 15 is 0 Å². The number of aryl methyl sites for hydroxylation is 1. The molecule has 1 atom stereocenters. The molecular formula is C19H24FN. The average Bonchev–Trinajstić information content (AvgIpc) is 2.48. The van der Waals surface area contributed by atoms with Gasteiger partial charge >= 0.3 is 0 Å². The van der Waals surface area contributed by atoms with E-state index in [-0.39, 0.29) is 11.9 Å². The first-order valence-corrected chi connectivity index (χ1v) is 7.62. The summed E-state index contributed by atoms with van der Waals surface area (Å²) in [5.74, 6) is 0.354. The Kier molecular flexibility index (Phi) is 5.13. The maximum Gasteiger partial charge on any atom is 0.128 e. The molecule has 0 heterocycles. The molecule has 1 N–H and O–H groups in total. The molecule has 0 aliphatic rings. The summed E-state index contributed by atoms with van der Waals surface area (Å²) in [7, 11) is 0. The van der Waals surface area contributed by atoms with Crippen LogP contribution in [0.25, 0.3) is 0 Å². The van der Waals surface area contributed by atoms with Crippen molar-refractivity contribution in [3.05, 3.63) is 70.5 Å². The lowest BCUT2D eigenvalue weighted by atomic mass is 9.94. The lowest BCUT2D eigenvalue weighted by Crippen LogP contribution is -2.23. The predicted octanol–water partition coefficient (Wildman–Crippen LogP) is 4.96. The Hall–Kier alpha value is -1.67. The van der Waals surface area contributed by atoms with Crippen molar-refractivity contribution in [2.75, 3.05) is 6.54 Å². The molecule has 0 saturated carbocycles. The highest BCUT2D eigenvalue weighted by molar-refractivity contribution is 5.36. The summed E-state index contributed by atoms with van der Waals surface area (Å²) >= 11 is 0. The van der Waals surface area contributed by atoms with Gasteiger partial charge in [0.05, 0.1) is 6.04 Å². The normalized spacial score (nSPS) is 12.7. The minimum atomic E-state index is -0.153. The number of hydrogen-bond acceptors (Lipinski definition) is 1. The second-order valence-corrected chi connectivity index (χ2v) is 5.84. The fraction of sp³-hybridized carbons (Fsp3) is 0.368. The van der Waals surface area contributed by atoms with E-state index in [9.17, 15) is 4.39 Å². The van der Waals surface area contributed by atoms with Gasteiger partial charge in [0.1, 0.15) is 5.82 Å². The van der Waals surface area contributed by atoms with Crippen LogP contribution in [0.15, 0.2) is 42.5 Å². The van der Waals surface area contributed by atoms with Crippen LogP contribution in [0.3, 0.4) is 0 Å². The van der Waals surface area contributed by atoms with Gasteiger partial charge in [-0.3, -0.25) is 0 Å². The standard InChI is InChI=1S/C19H24FN/c1-5-21-19(17-12-14(4)6-11-18(17)20)16-9-7-15(8-10-16)13(2)3/h6-13,19,21H,5H2,1-4H3. The maximum atomic E-state index is 14.2. The highest BCUT2D eigenvalue weighted by Gasteiger charge is 2.17. The van der Waals surface area contributed by atoms with E-state index in [1.54, 1.807) is 6.07 Å². The molecule has 1 unspecified atom stereocenters. The first kappa shape index (κ1) is 15.7. The molecular weight excluding hydrogens is 261 g/mol. The Morgan fingerprint density at radius 1 is 1.00 bits per heavy atom. The fourth-order valence-corrected chi connectivity index (χ4v) is 2.57. The third-order valence-corrected chi connectivity index (χ3v) is 3.81. The number of rotatable bonds is 5. The molecule has 0 aliphatic carbocycles. The molecule has 2 heteroatoms. The Bertz CT molecular complexity index is 587. The van der Waals surface area contributed by atoms with E-state index in [0.717, 1.165) is 17.7 Å². The number of benzene rings is 2. The molecule has 1 nitrogen and oxygen atoms in total. The zero-order valence-electron chi connectivity index (χ0n) is 13.3. The topological polar surface area (TPSA) is 12.0 Å². The Morgan fingerprint density at radius 2 is 1.62 bits per heavy atom. The third kappa shape index (κ3) is 3.70. The number of hydrogen-bond donors (Lipinski definition) is 1. The van der Waals surface area contributed by atoms with Crippen molar-refractivity contribution < 1.29 is 4.39 Å². The van der Waals surface area contributed by atoms with E-state index in [1.807, 2.05) is 26.0 Å². The number of nitrogens with one attached hydrogen (secondary N) is 1. The molecule has 0 amide bonds. The van der Waals surface area contributed by atoms with Crippen LogP contribution in [0, 0.1) is 12.7 Å². The molecule has 112 valence electrons. The van der Waals surface area contributed by atoms with Gasteiger partial charge in [-0.05, 0) is 36.6 Å². The Balaban J connectivity index is 2.40. The minimum Gasteiger partial charge on any atom is -0.306 e. The zero-order chi connectivity index (χ0) is 15.4. The lowest BCUT2D eigenvalue weighted by Gasteiger charge is -2.21. The number of halogens is 1. The van der Waals surface area contributed by atoms with Gasteiger partial charge in [-0.1, -0.05) is 62.7 Å². The Morgan fingerprint density at radius 3 is 2.19 bits per heavy atom. The Labute approximate surface area is 127 Å². The van der Waals surface area contributed by atoms with E-state index < -0.39 is 0 Å². The summed E-state index contributed by atoms with van der Waals surface area (Å²) in [6, 6.07) is 13.7. The van der Waals surface area contributed by atoms with E-state index in [0.29, 0.717) is 11.5 Å². The van der Waals surface area contributed by atoms with Crippen molar-refractivity contribution in [3.63, 3.8) is 0 Å². The van der Waals surface area contributed by atoms with Crippen molar-refractivity contribution in [3.8, 4) is 0 Å². The maximum absolute atomic E-state index is 14.2. The largest absolute Gasteiger partial charge is 0.306 e. The van der Waals surface area contributed by atoms with Gasteiger partial charge in [-0.25, -0.2) is 4.39 Å². The van der Waals surface area contributed by atoms with Gasteiger partial charge in [0.2, 0.25) is 0 Å². The van der Waals surface area contributed by atoms with Crippen LogP contribution in [0.4, 0.5) is 4.39 Å². The summed E-state index contributed by atoms with van der Waals surface area (Å²) in [4.78, 5) is 0. The highest BCUT2D eigenvalue weighted by Crippen LogP contribution is 2.26. The van der Waals surface area contributed by atoms with Gasteiger partial charge in [0, 0.05) is 5.56 Å². The van der Waals surface area contributed by atoms with Gasteiger partial charge in [0.25, 0.3) is 0 Å². The van der Waals surface area contributed by atoms with Gasteiger partial charge < -0.3 is 5.32 Å². The third-order valence-electron chi connectivity index (χ3n) is 3.81. The second-order valence-electron chi connectivity index (χ2n) is 5.84. The molecule has 0 spiro atoms. The van der Waals surface area contributed by atoms with Crippen LogP contribution < -0.4 is 5.32 Å². The lowest BCUT2D eigenvalue weighted by molar-refractivity contribution is 0.558. The smallest absolute Gasteiger partial charge is 0.128 e. The molecule has 2 rings (SSSR count). The van der Waals surface area contributed by atoms with Crippen LogP contribution in [0.5, 0.6) is 0 Å². The molecule has 0 aliphatic heterocycles. The van der Waals surface area contributed by atoms with Crippen molar-refractivity contribution in [2.45, 2.75) is 39.7 Å². The molecule has 2 aromatic carbocycles. The molecule has 0 saturated heterocycles. The van der Waals surface area contributed by atoms with E-state index in [2.05, 4.69) is 43.4 Å². The van der Waals surface area contributed by atoms with Gasteiger partial charge in [-0.2, -0.15) is 0 Å². The fourth-order valence-electron chi connectivity index (χ4n) is 2.57. The predicted molar refractivity (Wildman–Crippen MR) is 87.2 cm³/mol. The van der Waals surface area contributed by atoms with Crippen LogP contribution >= 0.6 is 0 Å². The highest BCUT2D eigenvalue weighted by atomic mass is 19.1. The quantitative estimate of drug-likeness (QED) is 0.819. The summed E-state index contributed by atoms with van der Waals surface area (Å²) in [5.41, 5.74) is 4.20. The summed E-state index contributed by atoms with van der Waals surface area (Å²) < 4.78 is 14.2. The van der Waals surface area contributed by atoms with Crippen molar-refractivity contribution >= 4 is 0 Å². The monoisotopic (exact) mass is 285 g/mol. The molecule has 2 aromatic rings. The van der Waals surface area contributed by atoms with Crippen LogP contribution in [-0.4, -0.2) is 6.54 Å². The first-order valence-electron chi connectivity index (χ1n) is 7.62. The molecule has 0 bridgehead atoms. The van der Waals surface area contributed by atoms with Gasteiger partial charge in [0.15, 0.2) is 0 Å². The average molecular weight is 285 g/mol. The molecule has 0 fully saturated rings. The summed E-state index contributed by atoms with van der Waals surface area (Å²) in [5, 5.41) is 3.39. The molecule has 0 aromatic heterocycles. The van der Waals surface area contributed by atoms with Crippen LogP contribution in [0.2, 0.25) is 0 Å². The second kappa shape index (κ2) is 6.86. The van der Waals surface area contributed by atoms with Gasteiger partial charge in [-0.15, -0.1) is 0 Å². The van der Waals surface area contributed by atoms with Crippen molar-refractivity contribution in [2.24, 2.45) is 0 Å². The summed E-state index contributed by atoms with van der Waals surface area (Å²) in [6.07, 6.45) is 0. The van der Waals surface area contributed by atoms with Crippen molar-refractivity contribution in [1.82, 2.24) is 5.32 Å². The minimum absolute atomic E-state index is 0.101. The zero-order valence-corrected chi connectivity index (χ0v) is 13.3. The molecule has 0 radical (unpaired) electrons. The summed E-state index contributed by atoms with van der Waals surface area (Å²) in [6.45, 7) is 9.19. The van der Waals surface area contributed by atoms with Crippen LogP contribution in [-0.2, 0) is 0 Å². The van der Waals surface area contributed by atoms with Crippen molar-refractivity contribution in [1.29, 1.82) is 0 Å². The first-order chi connectivity index (χ1) is 10.0. The van der Waals surface area contributed by atoms with E-state index in [4.69, 9.17) is 0 Å². The van der Waals surface area contributed by atoms with Crippen LogP contribution in [0.1, 0.15) is 55.0 Å². The van der Waals surface area contributed by atoms with E-state index in [1.165, 1.54) is 5.56 Å². The molecule has 21 heavy (non-hydrogen) atoms. The SMILES string of the molecule is CCNC(c1ccc(C(C)C)cc1)c1cc(C)ccc1F.